The Hall–Kier alpha value is -0.930. The topological polar surface area (TPSA) is 42.2 Å². The number of pyridine rings is 1. The Morgan fingerprint density at radius 1 is 1.17 bits per heavy atom. The van der Waals surface area contributed by atoms with Crippen molar-refractivity contribution in [3.8, 4) is 0 Å². The van der Waals surface area contributed by atoms with Gasteiger partial charge in [0, 0.05) is 25.5 Å². The van der Waals surface area contributed by atoms with E-state index in [2.05, 4.69) is 29.1 Å². The van der Waals surface area contributed by atoms with E-state index in [-0.39, 0.29) is 0 Å². The molecule has 2 rings (SSSR count). The van der Waals surface area contributed by atoms with E-state index in [4.69, 9.17) is 5.73 Å². The highest BCUT2D eigenvalue weighted by Gasteiger charge is 2.21. The molecule has 0 aromatic carbocycles. The van der Waals surface area contributed by atoms with Gasteiger partial charge in [-0.15, -0.1) is 0 Å². The number of hydrogen-bond acceptors (Lipinski definition) is 3. The third-order valence-corrected chi connectivity index (χ3v) is 4.07. The first kappa shape index (κ1) is 13.5. The lowest BCUT2D eigenvalue weighted by atomic mass is 9.82. The average molecular weight is 247 g/mol. The molecule has 0 atom stereocenters. The standard InChI is InChI=1S/C15H25N3/c1-18(12-15-6-8-17-9-7-15)11-14-4-2-13(10-16)3-5-14/h6-9,13-14H,2-5,10-12,16H2,1H3. The Bertz CT molecular complexity index is 331. The van der Waals surface area contributed by atoms with Crippen molar-refractivity contribution in [2.24, 2.45) is 17.6 Å². The van der Waals surface area contributed by atoms with Crippen LogP contribution in [0.4, 0.5) is 0 Å². The zero-order chi connectivity index (χ0) is 12.8. The molecule has 1 fully saturated rings. The molecule has 1 saturated carbocycles. The van der Waals surface area contributed by atoms with Crippen molar-refractivity contribution in [3.63, 3.8) is 0 Å². The van der Waals surface area contributed by atoms with E-state index < -0.39 is 0 Å². The molecule has 0 radical (unpaired) electrons. The van der Waals surface area contributed by atoms with Crippen LogP contribution in [0.5, 0.6) is 0 Å². The fourth-order valence-corrected chi connectivity index (χ4v) is 2.95. The Kier molecular flexibility index (Phi) is 5.14. The van der Waals surface area contributed by atoms with E-state index >= 15 is 0 Å². The fraction of sp³-hybridized carbons (Fsp3) is 0.667. The largest absolute Gasteiger partial charge is 0.330 e. The summed E-state index contributed by atoms with van der Waals surface area (Å²) in [6, 6.07) is 4.20. The average Bonchev–Trinajstić information content (AvgIpc) is 2.40. The molecular formula is C15H25N3. The quantitative estimate of drug-likeness (QED) is 0.868. The molecule has 1 heterocycles. The van der Waals surface area contributed by atoms with Crippen LogP contribution in [0.3, 0.4) is 0 Å². The predicted molar refractivity (Wildman–Crippen MR) is 75.1 cm³/mol. The second kappa shape index (κ2) is 6.86. The molecule has 0 spiro atoms. The summed E-state index contributed by atoms with van der Waals surface area (Å²) in [5.41, 5.74) is 7.09. The van der Waals surface area contributed by atoms with Gasteiger partial charge >= 0.3 is 0 Å². The van der Waals surface area contributed by atoms with E-state index in [9.17, 15) is 0 Å². The molecule has 100 valence electrons. The fourth-order valence-electron chi connectivity index (χ4n) is 2.95. The maximum atomic E-state index is 5.74. The van der Waals surface area contributed by atoms with Crippen molar-refractivity contribution in [1.29, 1.82) is 0 Å². The maximum Gasteiger partial charge on any atom is 0.0271 e. The van der Waals surface area contributed by atoms with Crippen LogP contribution in [-0.4, -0.2) is 30.0 Å². The van der Waals surface area contributed by atoms with Crippen LogP contribution in [0.15, 0.2) is 24.5 Å². The monoisotopic (exact) mass is 247 g/mol. The highest BCUT2D eigenvalue weighted by molar-refractivity contribution is 5.09. The van der Waals surface area contributed by atoms with Gasteiger partial charge in [0.1, 0.15) is 0 Å². The summed E-state index contributed by atoms with van der Waals surface area (Å²) in [5.74, 6) is 1.64. The van der Waals surface area contributed by atoms with Crippen LogP contribution in [-0.2, 0) is 6.54 Å². The van der Waals surface area contributed by atoms with E-state index in [1.54, 1.807) is 0 Å². The second-order valence-corrected chi connectivity index (χ2v) is 5.67. The van der Waals surface area contributed by atoms with Gasteiger partial charge in [-0.3, -0.25) is 4.98 Å². The minimum Gasteiger partial charge on any atom is -0.330 e. The van der Waals surface area contributed by atoms with E-state index in [0.29, 0.717) is 0 Å². The van der Waals surface area contributed by atoms with Gasteiger partial charge < -0.3 is 10.6 Å². The van der Waals surface area contributed by atoms with Crippen molar-refractivity contribution in [3.05, 3.63) is 30.1 Å². The summed E-state index contributed by atoms with van der Waals surface area (Å²) in [7, 11) is 2.22. The van der Waals surface area contributed by atoms with Crippen LogP contribution < -0.4 is 5.73 Å². The number of nitrogens with two attached hydrogens (primary N) is 1. The van der Waals surface area contributed by atoms with Crippen molar-refractivity contribution in [1.82, 2.24) is 9.88 Å². The molecule has 3 nitrogen and oxygen atoms in total. The van der Waals surface area contributed by atoms with Gasteiger partial charge in [0.05, 0.1) is 0 Å². The Balaban J connectivity index is 1.73. The lowest BCUT2D eigenvalue weighted by Crippen LogP contribution is -2.29. The molecule has 1 aromatic rings. The molecule has 1 aromatic heterocycles. The number of rotatable bonds is 5. The van der Waals surface area contributed by atoms with Crippen LogP contribution >= 0.6 is 0 Å². The molecule has 0 unspecified atom stereocenters. The summed E-state index contributed by atoms with van der Waals surface area (Å²) in [5, 5.41) is 0. The maximum absolute atomic E-state index is 5.74. The van der Waals surface area contributed by atoms with E-state index in [0.717, 1.165) is 24.9 Å². The molecule has 0 aliphatic heterocycles. The Morgan fingerprint density at radius 3 is 2.39 bits per heavy atom. The molecular weight excluding hydrogens is 222 g/mol. The van der Waals surface area contributed by atoms with Crippen LogP contribution in [0.25, 0.3) is 0 Å². The third kappa shape index (κ3) is 4.07. The summed E-state index contributed by atoms with van der Waals surface area (Å²) in [6.45, 7) is 3.11. The summed E-state index contributed by atoms with van der Waals surface area (Å²) < 4.78 is 0. The highest BCUT2D eigenvalue weighted by atomic mass is 15.1. The summed E-state index contributed by atoms with van der Waals surface area (Å²) in [4.78, 5) is 6.49. The van der Waals surface area contributed by atoms with Gasteiger partial charge in [0.15, 0.2) is 0 Å². The molecule has 18 heavy (non-hydrogen) atoms. The van der Waals surface area contributed by atoms with Gasteiger partial charge in [-0.05, 0) is 68.8 Å². The summed E-state index contributed by atoms with van der Waals surface area (Å²) >= 11 is 0. The third-order valence-electron chi connectivity index (χ3n) is 4.07. The molecule has 1 aliphatic carbocycles. The molecule has 0 amide bonds. The molecule has 3 heteroatoms. The number of aromatic nitrogens is 1. The van der Waals surface area contributed by atoms with E-state index in [1.165, 1.54) is 37.8 Å². The van der Waals surface area contributed by atoms with Crippen LogP contribution in [0.2, 0.25) is 0 Å². The molecule has 2 N–H and O–H groups in total. The Labute approximate surface area is 110 Å². The van der Waals surface area contributed by atoms with Gasteiger partial charge in [0.2, 0.25) is 0 Å². The van der Waals surface area contributed by atoms with Crippen LogP contribution in [0, 0.1) is 11.8 Å². The summed E-state index contributed by atoms with van der Waals surface area (Å²) in [6.07, 6.45) is 9.09. The zero-order valence-electron chi connectivity index (χ0n) is 11.4. The van der Waals surface area contributed by atoms with Crippen molar-refractivity contribution >= 4 is 0 Å². The predicted octanol–water partition coefficient (Wildman–Crippen LogP) is 2.28. The zero-order valence-corrected chi connectivity index (χ0v) is 11.4. The molecule has 0 saturated heterocycles. The van der Waals surface area contributed by atoms with E-state index in [1.807, 2.05) is 12.4 Å². The molecule has 0 bridgehead atoms. The first-order chi connectivity index (χ1) is 8.78. The first-order valence-corrected chi connectivity index (χ1v) is 7.05. The Morgan fingerprint density at radius 2 is 1.78 bits per heavy atom. The van der Waals surface area contributed by atoms with Gasteiger partial charge in [-0.2, -0.15) is 0 Å². The van der Waals surface area contributed by atoms with Gasteiger partial charge in [-0.1, -0.05) is 0 Å². The lowest BCUT2D eigenvalue weighted by Gasteiger charge is -2.30. The van der Waals surface area contributed by atoms with Gasteiger partial charge in [-0.25, -0.2) is 0 Å². The number of hydrogen-bond donors (Lipinski definition) is 1. The SMILES string of the molecule is CN(Cc1ccncc1)CC1CCC(CN)CC1. The molecule has 1 aliphatic rings. The first-order valence-electron chi connectivity index (χ1n) is 7.05. The minimum absolute atomic E-state index is 0.784. The lowest BCUT2D eigenvalue weighted by molar-refractivity contribution is 0.201. The van der Waals surface area contributed by atoms with Gasteiger partial charge in [0.25, 0.3) is 0 Å². The van der Waals surface area contributed by atoms with Crippen molar-refractivity contribution < 1.29 is 0 Å². The highest BCUT2D eigenvalue weighted by Crippen LogP contribution is 2.28. The minimum atomic E-state index is 0.784. The normalized spacial score (nSPS) is 24.4. The van der Waals surface area contributed by atoms with Crippen LogP contribution in [0.1, 0.15) is 31.2 Å². The smallest absolute Gasteiger partial charge is 0.0271 e. The second-order valence-electron chi connectivity index (χ2n) is 5.67. The number of nitrogens with zero attached hydrogens (tertiary/aromatic N) is 2. The van der Waals surface area contributed by atoms with Crippen molar-refractivity contribution in [2.75, 3.05) is 20.1 Å². The van der Waals surface area contributed by atoms with Crippen molar-refractivity contribution in [2.45, 2.75) is 32.2 Å².